The number of nitrogens with zero attached hydrogens (tertiary/aromatic N) is 1. The molecule has 1 heterocycles. The highest BCUT2D eigenvalue weighted by molar-refractivity contribution is 5.81. The van der Waals surface area contributed by atoms with Crippen molar-refractivity contribution in [2.24, 2.45) is 0 Å². The monoisotopic (exact) mass is 215 g/mol. The predicted octanol–water partition coefficient (Wildman–Crippen LogP) is 0.703. The summed E-state index contributed by atoms with van der Waals surface area (Å²) in [5, 5.41) is 0. The molecule has 15 heavy (non-hydrogen) atoms. The fourth-order valence-electron chi connectivity index (χ4n) is 1.87. The zero-order chi connectivity index (χ0) is 11.1. The van der Waals surface area contributed by atoms with E-state index in [9.17, 15) is 4.79 Å². The molecule has 0 bridgehead atoms. The number of ether oxygens (including phenoxy) is 2. The van der Waals surface area contributed by atoms with Crippen molar-refractivity contribution in [3.05, 3.63) is 0 Å². The third kappa shape index (κ3) is 5.25. The molecule has 0 aromatic rings. The van der Waals surface area contributed by atoms with Crippen LogP contribution in [0.1, 0.15) is 19.3 Å². The minimum absolute atomic E-state index is 0.121. The first-order chi connectivity index (χ1) is 7.22. The van der Waals surface area contributed by atoms with Crippen LogP contribution in [0, 0.1) is 0 Å². The Labute approximate surface area is 91.5 Å². The molecule has 1 aliphatic rings. The number of methoxy groups -OCH3 is 1. The summed E-state index contributed by atoms with van der Waals surface area (Å²) in [6, 6.07) is 0. The normalized spacial score (nSPS) is 21.9. The van der Waals surface area contributed by atoms with Gasteiger partial charge in [-0.25, -0.2) is 0 Å². The molecule has 1 aliphatic heterocycles. The first-order valence-electron chi connectivity index (χ1n) is 5.53. The third-order valence-electron chi connectivity index (χ3n) is 2.54. The summed E-state index contributed by atoms with van der Waals surface area (Å²) in [6.45, 7) is 2.36. The molecule has 1 atom stereocenters. The summed E-state index contributed by atoms with van der Waals surface area (Å²) < 4.78 is 10.4. The van der Waals surface area contributed by atoms with E-state index in [0.717, 1.165) is 19.6 Å². The van der Waals surface area contributed by atoms with E-state index in [0.29, 0.717) is 12.6 Å². The van der Waals surface area contributed by atoms with Crippen molar-refractivity contribution in [3.63, 3.8) is 0 Å². The van der Waals surface area contributed by atoms with E-state index in [-0.39, 0.29) is 12.4 Å². The van der Waals surface area contributed by atoms with Crippen LogP contribution in [0.4, 0.5) is 0 Å². The van der Waals surface area contributed by atoms with Gasteiger partial charge in [0.15, 0.2) is 5.78 Å². The van der Waals surface area contributed by atoms with Gasteiger partial charge in [-0.2, -0.15) is 0 Å². The standard InChI is InChI=1S/C11H21NO3/c1-12(7-10(13)9-14-2)8-11-5-3-4-6-15-11/h11H,3-9H2,1-2H3. The van der Waals surface area contributed by atoms with Gasteiger partial charge in [-0.15, -0.1) is 0 Å². The van der Waals surface area contributed by atoms with Crippen molar-refractivity contribution in [2.45, 2.75) is 25.4 Å². The van der Waals surface area contributed by atoms with E-state index >= 15 is 0 Å². The molecule has 0 saturated carbocycles. The largest absolute Gasteiger partial charge is 0.377 e. The van der Waals surface area contributed by atoms with Gasteiger partial charge in [-0.1, -0.05) is 0 Å². The molecular formula is C11H21NO3. The number of ketones is 1. The molecule has 4 nitrogen and oxygen atoms in total. The van der Waals surface area contributed by atoms with Crippen LogP contribution in [-0.2, 0) is 14.3 Å². The molecule has 0 aromatic heterocycles. The summed E-state index contributed by atoms with van der Waals surface area (Å²) in [6.07, 6.45) is 3.83. The Morgan fingerprint density at radius 3 is 2.93 bits per heavy atom. The lowest BCUT2D eigenvalue weighted by Gasteiger charge is -2.26. The molecule has 0 aliphatic carbocycles. The minimum Gasteiger partial charge on any atom is -0.377 e. The van der Waals surface area contributed by atoms with Crippen molar-refractivity contribution in [3.8, 4) is 0 Å². The number of Topliss-reactive ketones (excluding diaryl/α,β-unsaturated/α-hetero) is 1. The number of likely N-dealkylation sites (N-methyl/N-ethyl adjacent to an activating group) is 1. The number of carbonyl (C=O) groups excluding carboxylic acids is 1. The van der Waals surface area contributed by atoms with Crippen LogP contribution in [0.15, 0.2) is 0 Å². The van der Waals surface area contributed by atoms with E-state index in [2.05, 4.69) is 0 Å². The zero-order valence-corrected chi connectivity index (χ0v) is 9.70. The van der Waals surface area contributed by atoms with Gasteiger partial charge in [0.1, 0.15) is 6.61 Å². The van der Waals surface area contributed by atoms with Crippen LogP contribution >= 0.6 is 0 Å². The number of hydrogen-bond donors (Lipinski definition) is 0. The SMILES string of the molecule is COCC(=O)CN(C)CC1CCCCO1. The second-order valence-corrected chi connectivity index (χ2v) is 4.16. The van der Waals surface area contributed by atoms with Crippen molar-refractivity contribution >= 4 is 5.78 Å². The molecule has 1 rings (SSSR count). The van der Waals surface area contributed by atoms with Crippen LogP contribution in [0.5, 0.6) is 0 Å². The lowest BCUT2D eigenvalue weighted by atomic mass is 10.1. The number of carbonyl (C=O) groups is 1. The molecular weight excluding hydrogens is 194 g/mol. The maximum absolute atomic E-state index is 11.3. The minimum atomic E-state index is 0.121. The quantitative estimate of drug-likeness (QED) is 0.654. The van der Waals surface area contributed by atoms with Crippen molar-refractivity contribution in [1.29, 1.82) is 0 Å². The summed E-state index contributed by atoms with van der Waals surface area (Å²) in [4.78, 5) is 13.3. The molecule has 88 valence electrons. The number of hydrogen-bond acceptors (Lipinski definition) is 4. The van der Waals surface area contributed by atoms with Crippen LogP contribution < -0.4 is 0 Å². The van der Waals surface area contributed by atoms with Crippen molar-refractivity contribution < 1.29 is 14.3 Å². The Morgan fingerprint density at radius 2 is 2.33 bits per heavy atom. The Balaban J connectivity index is 2.16. The Kier molecular flexibility index (Phi) is 5.83. The average molecular weight is 215 g/mol. The predicted molar refractivity (Wildman–Crippen MR) is 58.0 cm³/mol. The zero-order valence-electron chi connectivity index (χ0n) is 9.70. The summed E-state index contributed by atoms with van der Waals surface area (Å²) in [7, 11) is 3.49. The van der Waals surface area contributed by atoms with Crippen molar-refractivity contribution in [1.82, 2.24) is 4.90 Å². The third-order valence-corrected chi connectivity index (χ3v) is 2.54. The molecule has 0 amide bonds. The van der Waals surface area contributed by atoms with Gasteiger partial charge in [0, 0.05) is 20.3 Å². The molecule has 0 aromatic carbocycles. The molecule has 0 radical (unpaired) electrons. The fourth-order valence-corrected chi connectivity index (χ4v) is 1.87. The van der Waals surface area contributed by atoms with Crippen molar-refractivity contribution in [2.75, 3.05) is 40.5 Å². The fraction of sp³-hybridized carbons (Fsp3) is 0.909. The van der Waals surface area contributed by atoms with Gasteiger partial charge < -0.3 is 9.47 Å². The van der Waals surface area contributed by atoms with E-state index in [1.54, 1.807) is 7.11 Å². The lowest BCUT2D eigenvalue weighted by molar-refractivity contribution is -0.124. The summed E-state index contributed by atoms with van der Waals surface area (Å²) in [5.74, 6) is 0.121. The summed E-state index contributed by atoms with van der Waals surface area (Å²) >= 11 is 0. The van der Waals surface area contributed by atoms with E-state index < -0.39 is 0 Å². The first-order valence-corrected chi connectivity index (χ1v) is 5.53. The van der Waals surface area contributed by atoms with E-state index in [1.807, 2.05) is 11.9 Å². The lowest BCUT2D eigenvalue weighted by Crippen LogP contribution is -2.37. The maximum Gasteiger partial charge on any atom is 0.172 e. The average Bonchev–Trinajstić information content (AvgIpc) is 2.19. The van der Waals surface area contributed by atoms with Gasteiger partial charge in [0.2, 0.25) is 0 Å². The Morgan fingerprint density at radius 1 is 1.53 bits per heavy atom. The second-order valence-electron chi connectivity index (χ2n) is 4.16. The van der Waals surface area contributed by atoms with Gasteiger partial charge in [0.25, 0.3) is 0 Å². The van der Waals surface area contributed by atoms with Crippen LogP contribution in [0.25, 0.3) is 0 Å². The summed E-state index contributed by atoms with van der Waals surface area (Å²) in [5.41, 5.74) is 0. The van der Waals surface area contributed by atoms with Crippen LogP contribution in [-0.4, -0.2) is 57.2 Å². The molecule has 4 heteroatoms. The molecule has 0 N–H and O–H groups in total. The molecule has 0 spiro atoms. The van der Waals surface area contributed by atoms with Gasteiger partial charge >= 0.3 is 0 Å². The van der Waals surface area contributed by atoms with E-state index in [1.165, 1.54) is 12.8 Å². The smallest absolute Gasteiger partial charge is 0.172 e. The highest BCUT2D eigenvalue weighted by Crippen LogP contribution is 2.13. The topological polar surface area (TPSA) is 38.8 Å². The first kappa shape index (κ1) is 12.6. The number of rotatable bonds is 6. The highest BCUT2D eigenvalue weighted by atomic mass is 16.5. The van der Waals surface area contributed by atoms with Gasteiger partial charge in [0.05, 0.1) is 12.6 Å². The second kappa shape index (κ2) is 6.93. The Hall–Kier alpha value is -0.450. The van der Waals surface area contributed by atoms with Gasteiger partial charge in [-0.05, 0) is 26.3 Å². The molecule has 1 saturated heterocycles. The van der Waals surface area contributed by atoms with Crippen LogP contribution in [0.2, 0.25) is 0 Å². The Bertz CT molecular complexity index is 190. The van der Waals surface area contributed by atoms with Gasteiger partial charge in [-0.3, -0.25) is 9.69 Å². The van der Waals surface area contributed by atoms with Crippen LogP contribution in [0.3, 0.4) is 0 Å². The highest BCUT2D eigenvalue weighted by Gasteiger charge is 2.16. The maximum atomic E-state index is 11.3. The molecule has 1 unspecified atom stereocenters. The van der Waals surface area contributed by atoms with E-state index in [4.69, 9.17) is 9.47 Å². The molecule has 1 fully saturated rings.